The number of ether oxygens (including phenoxy) is 2. The predicted octanol–water partition coefficient (Wildman–Crippen LogP) is 4.32. The number of halogens is 2. The molecule has 1 saturated heterocycles. The number of rotatable bonds is 7. The molecular weight excluding hydrogens is 443 g/mol. The molecule has 2 amide bonds. The van der Waals surface area contributed by atoms with Crippen molar-refractivity contribution in [2.75, 3.05) is 23.4 Å². The Bertz CT molecular complexity index is 978. The fraction of sp³-hybridized carbons (Fsp3) is 0.318. The van der Waals surface area contributed by atoms with Gasteiger partial charge in [0.15, 0.2) is 6.61 Å². The molecule has 7 nitrogen and oxygen atoms in total. The maximum Gasteiger partial charge on any atom is 0.311 e. The van der Waals surface area contributed by atoms with Crippen LogP contribution in [0.15, 0.2) is 42.5 Å². The van der Waals surface area contributed by atoms with E-state index in [1.807, 2.05) is 13.8 Å². The van der Waals surface area contributed by atoms with Crippen molar-refractivity contribution in [1.29, 1.82) is 0 Å². The van der Waals surface area contributed by atoms with E-state index in [2.05, 4.69) is 5.32 Å². The zero-order chi connectivity index (χ0) is 22.5. The van der Waals surface area contributed by atoms with E-state index < -0.39 is 24.4 Å². The average Bonchev–Trinajstić information content (AvgIpc) is 3.10. The molecule has 0 aromatic heterocycles. The van der Waals surface area contributed by atoms with E-state index in [1.54, 1.807) is 36.4 Å². The molecular formula is C22H22Cl2N2O5. The highest BCUT2D eigenvalue weighted by atomic mass is 35.5. The summed E-state index contributed by atoms with van der Waals surface area (Å²) >= 11 is 11.8. The van der Waals surface area contributed by atoms with Crippen LogP contribution in [0.3, 0.4) is 0 Å². The van der Waals surface area contributed by atoms with Gasteiger partial charge in [-0.05, 0) is 56.3 Å². The molecule has 2 aromatic rings. The lowest BCUT2D eigenvalue weighted by molar-refractivity contribution is -0.151. The summed E-state index contributed by atoms with van der Waals surface area (Å²) in [6.45, 7) is 3.56. The Morgan fingerprint density at radius 2 is 1.87 bits per heavy atom. The molecule has 0 radical (unpaired) electrons. The van der Waals surface area contributed by atoms with Gasteiger partial charge < -0.3 is 19.7 Å². The molecule has 1 atom stereocenters. The molecule has 164 valence electrons. The summed E-state index contributed by atoms with van der Waals surface area (Å²) in [4.78, 5) is 38.3. The molecule has 1 aliphatic heterocycles. The number of carbonyl (C=O) groups excluding carboxylic acids is 3. The molecule has 9 heteroatoms. The highest BCUT2D eigenvalue weighted by Crippen LogP contribution is 2.28. The van der Waals surface area contributed by atoms with E-state index in [0.29, 0.717) is 22.1 Å². The number of benzene rings is 2. The van der Waals surface area contributed by atoms with Crippen molar-refractivity contribution in [2.45, 2.75) is 26.4 Å². The number of amides is 2. The van der Waals surface area contributed by atoms with E-state index in [1.165, 1.54) is 11.0 Å². The number of esters is 1. The molecule has 1 fully saturated rings. The van der Waals surface area contributed by atoms with Crippen LogP contribution in [-0.2, 0) is 19.1 Å². The number of hydrogen-bond acceptors (Lipinski definition) is 5. The second-order valence-corrected chi connectivity index (χ2v) is 8.19. The van der Waals surface area contributed by atoms with Gasteiger partial charge in [-0.2, -0.15) is 0 Å². The Morgan fingerprint density at radius 3 is 2.52 bits per heavy atom. The van der Waals surface area contributed by atoms with E-state index in [-0.39, 0.29) is 30.0 Å². The number of nitrogens with zero attached hydrogens (tertiary/aromatic N) is 1. The zero-order valence-electron chi connectivity index (χ0n) is 17.1. The van der Waals surface area contributed by atoms with Gasteiger partial charge in [0, 0.05) is 23.7 Å². The summed E-state index contributed by atoms with van der Waals surface area (Å²) in [5, 5.41) is 3.26. The maximum atomic E-state index is 12.4. The normalized spacial score (nSPS) is 15.8. The summed E-state index contributed by atoms with van der Waals surface area (Å²) in [7, 11) is 0. The molecule has 0 unspecified atom stereocenters. The smallest absolute Gasteiger partial charge is 0.311 e. The molecule has 0 spiro atoms. The zero-order valence-corrected chi connectivity index (χ0v) is 18.6. The highest BCUT2D eigenvalue weighted by molar-refractivity contribution is 6.36. The van der Waals surface area contributed by atoms with Crippen molar-refractivity contribution < 1.29 is 23.9 Å². The van der Waals surface area contributed by atoms with Crippen LogP contribution in [0.2, 0.25) is 10.0 Å². The van der Waals surface area contributed by atoms with Crippen LogP contribution >= 0.6 is 23.2 Å². The maximum absolute atomic E-state index is 12.4. The summed E-state index contributed by atoms with van der Waals surface area (Å²) in [5.41, 5.74) is 1.03. The molecule has 1 N–H and O–H groups in total. The second kappa shape index (κ2) is 10.0. The first-order valence-electron chi connectivity index (χ1n) is 9.71. The molecule has 31 heavy (non-hydrogen) atoms. The largest absolute Gasteiger partial charge is 0.491 e. The van der Waals surface area contributed by atoms with Gasteiger partial charge in [-0.3, -0.25) is 14.4 Å². The van der Waals surface area contributed by atoms with E-state index in [9.17, 15) is 14.4 Å². The van der Waals surface area contributed by atoms with Gasteiger partial charge in [-0.25, -0.2) is 0 Å². The third-order valence-electron chi connectivity index (χ3n) is 4.53. The number of anilines is 2. The first kappa shape index (κ1) is 22.9. The topological polar surface area (TPSA) is 84.9 Å². The number of nitrogens with one attached hydrogen (secondary N) is 1. The fourth-order valence-corrected chi connectivity index (χ4v) is 3.58. The SMILES string of the molecule is CC(C)Oc1ccc(N2C[C@@H](C(=O)OCC(=O)Nc3ccc(Cl)cc3Cl)CC2=O)cc1. The van der Waals surface area contributed by atoms with Gasteiger partial charge in [-0.1, -0.05) is 23.2 Å². The quantitative estimate of drug-likeness (QED) is 0.616. The second-order valence-electron chi connectivity index (χ2n) is 7.35. The van der Waals surface area contributed by atoms with Gasteiger partial charge in [0.25, 0.3) is 5.91 Å². The molecule has 2 aromatic carbocycles. The minimum absolute atomic E-state index is 0.0215. The van der Waals surface area contributed by atoms with Crippen LogP contribution in [0, 0.1) is 5.92 Å². The van der Waals surface area contributed by atoms with Gasteiger partial charge in [-0.15, -0.1) is 0 Å². The summed E-state index contributed by atoms with van der Waals surface area (Å²) in [6.07, 6.45) is 0.0691. The van der Waals surface area contributed by atoms with Crippen molar-refractivity contribution in [2.24, 2.45) is 5.92 Å². The number of carbonyl (C=O) groups is 3. The van der Waals surface area contributed by atoms with Crippen molar-refractivity contribution >= 4 is 52.4 Å². The Kier molecular flexibility index (Phi) is 7.41. The highest BCUT2D eigenvalue weighted by Gasteiger charge is 2.36. The summed E-state index contributed by atoms with van der Waals surface area (Å²) < 4.78 is 10.7. The molecule has 1 aliphatic rings. The molecule has 1 heterocycles. The molecule has 0 aliphatic carbocycles. The van der Waals surface area contributed by atoms with Crippen molar-refractivity contribution in [3.8, 4) is 5.75 Å². The van der Waals surface area contributed by atoms with E-state index in [0.717, 1.165) is 0 Å². The monoisotopic (exact) mass is 464 g/mol. The minimum Gasteiger partial charge on any atom is -0.491 e. The Labute approximate surface area is 190 Å². The third kappa shape index (κ3) is 6.12. The summed E-state index contributed by atoms with van der Waals surface area (Å²) in [5.74, 6) is -1.27. The van der Waals surface area contributed by atoms with Gasteiger partial charge >= 0.3 is 5.97 Å². The lowest BCUT2D eigenvalue weighted by Crippen LogP contribution is -2.28. The van der Waals surface area contributed by atoms with Gasteiger partial charge in [0.05, 0.1) is 22.7 Å². The average molecular weight is 465 g/mol. The lowest BCUT2D eigenvalue weighted by atomic mass is 10.1. The van der Waals surface area contributed by atoms with Gasteiger partial charge in [0.1, 0.15) is 5.75 Å². The minimum atomic E-state index is -0.647. The van der Waals surface area contributed by atoms with Crippen LogP contribution in [0.25, 0.3) is 0 Å². The van der Waals surface area contributed by atoms with Crippen molar-refractivity contribution in [3.63, 3.8) is 0 Å². The van der Waals surface area contributed by atoms with Gasteiger partial charge in [0.2, 0.25) is 5.91 Å². The van der Waals surface area contributed by atoms with Crippen LogP contribution in [0.5, 0.6) is 5.75 Å². The lowest BCUT2D eigenvalue weighted by Gasteiger charge is -2.17. The number of hydrogen-bond donors (Lipinski definition) is 1. The van der Waals surface area contributed by atoms with Crippen LogP contribution < -0.4 is 15.0 Å². The Hall–Kier alpha value is -2.77. The molecule has 0 bridgehead atoms. The Balaban J connectivity index is 1.52. The molecule has 0 saturated carbocycles. The predicted molar refractivity (Wildman–Crippen MR) is 119 cm³/mol. The van der Waals surface area contributed by atoms with E-state index in [4.69, 9.17) is 32.7 Å². The first-order valence-corrected chi connectivity index (χ1v) is 10.5. The van der Waals surface area contributed by atoms with Crippen LogP contribution in [0.1, 0.15) is 20.3 Å². The standard InChI is InChI=1S/C22H22Cl2N2O5/c1-13(2)31-17-6-4-16(5-7-17)26-11-14(9-21(26)28)22(29)30-12-20(27)25-19-8-3-15(23)10-18(19)24/h3-8,10,13-14H,9,11-12H2,1-2H3,(H,25,27)/t14-/m0/s1. The molecule has 3 rings (SSSR count). The van der Waals surface area contributed by atoms with Crippen molar-refractivity contribution in [3.05, 3.63) is 52.5 Å². The summed E-state index contributed by atoms with van der Waals surface area (Å²) in [6, 6.07) is 11.7. The van der Waals surface area contributed by atoms with E-state index >= 15 is 0 Å². The Morgan fingerprint density at radius 1 is 1.16 bits per heavy atom. The third-order valence-corrected chi connectivity index (χ3v) is 5.08. The van der Waals surface area contributed by atoms with Crippen LogP contribution in [0.4, 0.5) is 11.4 Å². The van der Waals surface area contributed by atoms with Crippen molar-refractivity contribution in [1.82, 2.24) is 0 Å². The first-order chi connectivity index (χ1) is 14.7. The van der Waals surface area contributed by atoms with Crippen LogP contribution in [-0.4, -0.2) is 37.0 Å². The fourth-order valence-electron chi connectivity index (χ4n) is 3.12.